The second kappa shape index (κ2) is 15.2. The molecule has 0 aliphatic rings. The van der Waals surface area contributed by atoms with Gasteiger partial charge >= 0.3 is 0 Å². The van der Waals surface area contributed by atoms with Crippen molar-refractivity contribution >= 4 is 11.3 Å². The lowest BCUT2D eigenvalue weighted by Gasteiger charge is -2.12. The highest BCUT2D eigenvalue weighted by Gasteiger charge is 2.09. The third-order valence-electron chi connectivity index (χ3n) is 5.09. The Kier molecular flexibility index (Phi) is 13.7. The summed E-state index contributed by atoms with van der Waals surface area (Å²) >= 11 is 1.94. The second-order valence-corrected chi connectivity index (χ2v) is 8.13. The topological polar surface area (TPSA) is 0 Å². The van der Waals surface area contributed by atoms with E-state index in [0.717, 1.165) is 5.92 Å². The SMILES string of the molecule is CCCCCCCCCCCCCCCC(CC)c1cccs1. The normalized spacial score (nSPS) is 12.6. The molecule has 0 nitrogen and oxygen atoms in total. The molecule has 1 aromatic rings. The van der Waals surface area contributed by atoms with Gasteiger partial charge < -0.3 is 0 Å². The summed E-state index contributed by atoms with van der Waals surface area (Å²) < 4.78 is 0. The molecule has 0 amide bonds. The standard InChI is InChI=1S/C22H40S/c1-3-5-6-7-8-9-10-11-12-13-14-15-16-18-21(4-2)22-19-17-20-23-22/h17,19-21H,3-16,18H2,1-2H3. The molecule has 1 heteroatoms. The summed E-state index contributed by atoms with van der Waals surface area (Å²) in [6.07, 6.45) is 21.6. The molecule has 0 saturated heterocycles. The molecular weight excluding hydrogens is 296 g/mol. The zero-order valence-corrected chi connectivity index (χ0v) is 16.6. The van der Waals surface area contributed by atoms with Gasteiger partial charge in [-0.3, -0.25) is 0 Å². The zero-order valence-electron chi connectivity index (χ0n) is 15.8. The van der Waals surface area contributed by atoms with Crippen LogP contribution in [0.3, 0.4) is 0 Å². The van der Waals surface area contributed by atoms with E-state index in [4.69, 9.17) is 0 Å². The quantitative estimate of drug-likeness (QED) is 0.265. The van der Waals surface area contributed by atoms with Crippen molar-refractivity contribution in [3.8, 4) is 0 Å². The molecule has 0 N–H and O–H groups in total. The van der Waals surface area contributed by atoms with Crippen LogP contribution in [0.4, 0.5) is 0 Å². The number of rotatable bonds is 16. The molecule has 1 heterocycles. The summed E-state index contributed by atoms with van der Waals surface area (Å²) in [7, 11) is 0. The lowest BCUT2D eigenvalue weighted by Crippen LogP contribution is -1.94. The van der Waals surface area contributed by atoms with Crippen molar-refractivity contribution < 1.29 is 0 Å². The van der Waals surface area contributed by atoms with E-state index in [0.29, 0.717) is 0 Å². The molecule has 23 heavy (non-hydrogen) atoms. The van der Waals surface area contributed by atoms with E-state index in [9.17, 15) is 0 Å². The fourth-order valence-corrected chi connectivity index (χ4v) is 4.43. The Morgan fingerprint density at radius 1 is 0.739 bits per heavy atom. The van der Waals surface area contributed by atoms with Gasteiger partial charge in [0.1, 0.15) is 0 Å². The number of hydrogen-bond donors (Lipinski definition) is 0. The Morgan fingerprint density at radius 2 is 1.26 bits per heavy atom. The lowest BCUT2D eigenvalue weighted by molar-refractivity contribution is 0.516. The van der Waals surface area contributed by atoms with Crippen LogP contribution in [0.2, 0.25) is 0 Å². The van der Waals surface area contributed by atoms with Gasteiger partial charge in [-0.15, -0.1) is 11.3 Å². The fourth-order valence-electron chi connectivity index (χ4n) is 3.48. The summed E-state index contributed by atoms with van der Waals surface area (Å²) in [5.41, 5.74) is 0. The summed E-state index contributed by atoms with van der Waals surface area (Å²) in [4.78, 5) is 1.60. The van der Waals surface area contributed by atoms with Crippen molar-refractivity contribution in [2.24, 2.45) is 0 Å². The Hall–Kier alpha value is -0.300. The first kappa shape index (κ1) is 20.7. The Balaban J connectivity index is 1.83. The Morgan fingerprint density at radius 3 is 1.70 bits per heavy atom. The average molecular weight is 337 g/mol. The predicted molar refractivity (Wildman–Crippen MR) is 108 cm³/mol. The maximum atomic E-state index is 2.34. The summed E-state index contributed by atoms with van der Waals surface area (Å²) in [5.74, 6) is 0.822. The van der Waals surface area contributed by atoms with Crippen molar-refractivity contribution in [1.29, 1.82) is 0 Å². The van der Waals surface area contributed by atoms with Crippen LogP contribution in [-0.2, 0) is 0 Å². The summed E-state index contributed by atoms with van der Waals surface area (Å²) in [5, 5.41) is 2.22. The molecule has 1 unspecified atom stereocenters. The molecule has 134 valence electrons. The predicted octanol–water partition coefficient (Wildman–Crippen LogP) is 8.72. The largest absolute Gasteiger partial charge is 0.149 e. The van der Waals surface area contributed by atoms with Gasteiger partial charge in [0.25, 0.3) is 0 Å². The van der Waals surface area contributed by atoms with Gasteiger partial charge in [0.15, 0.2) is 0 Å². The van der Waals surface area contributed by atoms with Crippen molar-refractivity contribution in [2.75, 3.05) is 0 Å². The van der Waals surface area contributed by atoms with Crippen LogP contribution in [0.15, 0.2) is 17.5 Å². The second-order valence-electron chi connectivity index (χ2n) is 7.15. The fraction of sp³-hybridized carbons (Fsp3) is 0.818. The summed E-state index contributed by atoms with van der Waals surface area (Å²) in [6.45, 7) is 4.64. The van der Waals surface area contributed by atoms with Crippen LogP contribution in [0.1, 0.15) is 121 Å². The molecule has 0 fully saturated rings. The minimum absolute atomic E-state index is 0.822. The van der Waals surface area contributed by atoms with Crippen LogP contribution in [-0.4, -0.2) is 0 Å². The first-order valence-corrected chi connectivity index (χ1v) is 11.3. The maximum Gasteiger partial charge on any atom is 0.00760 e. The van der Waals surface area contributed by atoms with E-state index in [1.807, 2.05) is 11.3 Å². The first-order chi connectivity index (χ1) is 11.4. The third-order valence-corrected chi connectivity index (χ3v) is 6.13. The molecule has 1 atom stereocenters. The highest BCUT2D eigenvalue weighted by Crippen LogP contribution is 2.29. The van der Waals surface area contributed by atoms with E-state index >= 15 is 0 Å². The highest BCUT2D eigenvalue weighted by molar-refractivity contribution is 7.10. The molecule has 0 spiro atoms. The van der Waals surface area contributed by atoms with Crippen LogP contribution in [0.25, 0.3) is 0 Å². The number of thiophene rings is 1. The monoisotopic (exact) mass is 336 g/mol. The minimum atomic E-state index is 0.822. The van der Waals surface area contributed by atoms with Gasteiger partial charge in [0.2, 0.25) is 0 Å². The molecule has 0 radical (unpaired) electrons. The van der Waals surface area contributed by atoms with Gasteiger partial charge in [0.05, 0.1) is 0 Å². The highest BCUT2D eigenvalue weighted by atomic mass is 32.1. The minimum Gasteiger partial charge on any atom is -0.149 e. The van der Waals surface area contributed by atoms with Crippen molar-refractivity contribution in [3.63, 3.8) is 0 Å². The van der Waals surface area contributed by atoms with Crippen molar-refractivity contribution in [1.82, 2.24) is 0 Å². The van der Waals surface area contributed by atoms with Gasteiger partial charge in [-0.05, 0) is 30.2 Å². The van der Waals surface area contributed by atoms with E-state index < -0.39 is 0 Å². The van der Waals surface area contributed by atoms with E-state index in [2.05, 4.69) is 31.4 Å². The van der Waals surface area contributed by atoms with Crippen molar-refractivity contribution in [3.05, 3.63) is 22.4 Å². The Labute approximate surface area is 150 Å². The Bertz CT molecular complexity index is 328. The molecular formula is C22H40S. The van der Waals surface area contributed by atoms with Gasteiger partial charge in [-0.1, -0.05) is 103 Å². The molecule has 0 aromatic carbocycles. The maximum absolute atomic E-state index is 2.34. The van der Waals surface area contributed by atoms with Gasteiger partial charge in [-0.2, -0.15) is 0 Å². The average Bonchev–Trinajstić information content (AvgIpc) is 3.09. The third kappa shape index (κ3) is 11.0. The van der Waals surface area contributed by atoms with Crippen LogP contribution < -0.4 is 0 Å². The smallest absolute Gasteiger partial charge is 0.00760 e. The first-order valence-electron chi connectivity index (χ1n) is 10.4. The molecule has 0 bridgehead atoms. The van der Waals surface area contributed by atoms with E-state index in [-0.39, 0.29) is 0 Å². The van der Waals surface area contributed by atoms with Gasteiger partial charge in [-0.25, -0.2) is 0 Å². The van der Waals surface area contributed by atoms with Crippen LogP contribution >= 0.6 is 11.3 Å². The molecule has 0 aliphatic heterocycles. The summed E-state index contributed by atoms with van der Waals surface area (Å²) in [6, 6.07) is 4.52. The molecule has 1 rings (SSSR count). The number of unbranched alkanes of at least 4 members (excludes halogenated alkanes) is 12. The van der Waals surface area contributed by atoms with Crippen LogP contribution in [0.5, 0.6) is 0 Å². The number of hydrogen-bond acceptors (Lipinski definition) is 1. The van der Waals surface area contributed by atoms with Crippen LogP contribution in [0, 0.1) is 0 Å². The molecule has 0 aliphatic carbocycles. The molecule has 0 saturated carbocycles. The lowest BCUT2D eigenvalue weighted by atomic mass is 9.96. The van der Waals surface area contributed by atoms with Gasteiger partial charge in [0, 0.05) is 4.88 Å². The zero-order chi connectivity index (χ0) is 16.6. The van der Waals surface area contributed by atoms with E-state index in [1.165, 1.54) is 96.3 Å². The van der Waals surface area contributed by atoms with Crippen molar-refractivity contribution in [2.45, 2.75) is 116 Å². The molecule has 1 aromatic heterocycles. The van der Waals surface area contributed by atoms with E-state index in [1.54, 1.807) is 4.88 Å².